The molecular formula is C19H15F3N2O5. The number of carbonyl (C=O) groups excluding carboxylic acids is 1. The molecule has 7 nitrogen and oxygen atoms in total. The van der Waals surface area contributed by atoms with Crippen LogP contribution in [0.15, 0.2) is 53.1 Å². The van der Waals surface area contributed by atoms with E-state index in [0.717, 1.165) is 12.1 Å². The first kappa shape index (κ1) is 20.2. The summed E-state index contributed by atoms with van der Waals surface area (Å²) in [4.78, 5) is 15.7. The smallest absolute Gasteiger partial charge is 0.416 e. The summed E-state index contributed by atoms with van der Waals surface area (Å²) in [6.07, 6.45) is -4.48. The summed E-state index contributed by atoms with van der Waals surface area (Å²) >= 11 is 0. The molecule has 2 aromatic carbocycles. The molecule has 0 fully saturated rings. The molecule has 29 heavy (non-hydrogen) atoms. The molecule has 0 saturated carbocycles. The number of benzene rings is 2. The van der Waals surface area contributed by atoms with Crippen LogP contribution in [0.4, 0.5) is 13.2 Å². The van der Waals surface area contributed by atoms with Crippen molar-refractivity contribution in [3.8, 4) is 22.9 Å². The average Bonchev–Trinajstić information content (AvgIpc) is 3.20. The van der Waals surface area contributed by atoms with Crippen molar-refractivity contribution < 1.29 is 36.7 Å². The maximum atomic E-state index is 12.8. The first-order chi connectivity index (χ1) is 13.8. The fourth-order valence-electron chi connectivity index (χ4n) is 2.26. The first-order valence-electron chi connectivity index (χ1n) is 8.28. The molecule has 1 heterocycles. The molecule has 3 aromatic rings. The fourth-order valence-corrected chi connectivity index (χ4v) is 2.26. The predicted molar refractivity (Wildman–Crippen MR) is 93.0 cm³/mol. The third-order valence-electron chi connectivity index (χ3n) is 3.69. The Morgan fingerprint density at radius 1 is 1.10 bits per heavy atom. The minimum atomic E-state index is -4.48. The van der Waals surface area contributed by atoms with E-state index in [1.54, 1.807) is 24.3 Å². The van der Waals surface area contributed by atoms with Gasteiger partial charge < -0.3 is 18.7 Å². The molecule has 1 aromatic heterocycles. The summed E-state index contributed by atoms with van der Waals surface area (Å²) in [7, 11) is 1.53. The van der Waals surface area contributed by atoms with Gasteiger partial charge in [-0.05, 0) is 36.4 Å². The number of carbonyl (C=O) groups is 1. The molecule has 152 valence electrons. The van der Waals surface area contributed by atoms with E-state index in [9.17, 15) is 18.0 Å². The van der Waals surface area contributed by atoms with Crippen LogP contribution in [-0.2, 0) is 22.3 Å². The number of halogens is 3. The van der Waals surface area contributed by atoms with Crippen molar-refractivity contribution in [3.63, 3.8) is 0 Å². The second-order valence-corrected chi connectivity index (χ2v) is 5.72. The van der Waals surface area contributed by atoms with E-state index in [4.69, 9.17) is 18.7 Å². The third kappa shape index (κ3) is 5.47. The number of hydrogen-bond acceptors (Lipinski definition) is 7. The van der Waals surface area contributed by atoms with Gasteiger partial charge in [-0.15, -0.1) is 0 Å². The second-order valence-electron chi connectivity index (χ2n) is 5.72. The molecule has 0 aliphatic carbocycles. The van der Waals surface area contributed by atoms with Gasteiger partial charge in [0, 0.05) is 5.56 Å². The Bertz CT molecular complexity index is 970. The Morgan fingerprint density at radius 3 is 2.52 bits per heavy atom. The van der Waals surface area contributed by atoms with Gasteiger partial charge in [-0.1, -0.05) is 17.3 Å². The molecule has 0 atom stereocenters. The number of ether oxygens (including phenoxy) is 3. The van der Waals surface area contributed by atoms with Gasteiger partial charge >= 0.3 is 12.1 Å². The molecule has 10 heteroatoms. The van der Waals surface area contributed by atoms with Crippen molar-refractivity contribution in [2.75, 3.05) is 13.7 Å². The molecule has 0 N–H and O–H groups in total. The Morgan fingerprint density at radius 2 is 1.83 bits per heavy atom. The summed E-state index contributed by atoms with van der Waals surface area (Å²) in [6.45, 7) is -0.683. The van der Waals surface area contributed by atoms with Crippen LogP contribution in [0.1, 0.15) is 11.5 Å². The standard InChI is InChI=1S/C19H15F3N2O5/c1-26-14-5-7-15(8-6-14)27-11-17(25)28-10-16-23-18(24-29-16)12-3-2-4-13(9-12)19(20,21)22/h2-9H,10-11H2,1H3. The molecule has 0 amide bonds. The van der Waals surface area contributed by atoms with E-state index in [2.05, 4.69) is 10.1 Å². The average molecular weight is 408 g/mol. The minimum Gasteiger partial charge on any atom is -0.497 e. The molecule has 3 rings (SSSR count). The molecule has 0 aliphatic heterocycles. The predicted octanol–water partition coefficient (Wildman–Crippen LogP) is 3.89. The lowest BCUT2D eigenvalue weighted by Gasteiger charge is -2.06. The van der Waals surface area contributed by atoms with Crippen molar-refractivity contribution in [1.29, 1.82) is 0 Å². The maximum Gasteiger partial charge on any atom is 0.416 e. The number of methoxy groups -OCH3 is 1. The van der Waals surface area contributed by atoms with Crippen LogP contribution < -0.4 is 9.47 Å². The molecular weight excluding hydrogens is 393 g/mol. The molecule has 0 unspecified atom stereocenters. The van der Waals surface area contributed by atoms with Crippen molar-refractivity contribution >= 4 is 5.97 Å². The number of nitrogens with zero attached hydrogens (tertiary/aromatic N) is 2. The third-order valence-corrected chi connectivity index (χ3v) is 3.69. The van der Waals surface area contributed by atoms with E-state index in [1.165, 1.54) is 19.2 Å². The van der Waals surface area contributed by atoms with Crippen LogP contribution in [0.3, 0.4) is 0 Å². The van der Waals surface area contributed by atoms with Gasteiger partial charge in [0.05, 0.1) is 12.7 Å². The van der Waals surface area contributed by atoms with Gasteiger partial charge in [0.15, 0.2) is 13.2 Å². The van der Waals surface area contributed by atoms with E-state index >= 15 is 0 Å². The second kappa shape index (κ2) is 8.63. The van der Waals surface area contributed by atoms with Crippen LogP contribution in [-0.4, -0.2) is 29.8 Å². The maximum absolute atomic E-state index is 12.8. The van der Waals surface area contributed by atoms with Crippen LogP contribution >= 0.6 is 0 Å². The summed E-state index contributed by atoms with van der Waals surface area (Å²) in [5, 5.41) is 3.61. The number of rotatable bonds is 7. The fraction of sp³-hybridized carbons (Fsp3) is 0.211. The number of aromatic nitrogens is 2. The van der Waals surface area contributed by atoms with Gasteiger partial charge in [0.2, 0.25) is 5.82 Å². The van der Waals surface area contributed by atoms with Gasteiger partial charge in [0.25, 0.3) is 5.89 Å². The summed E-state index contributed by atoms with van der Waals surface area (Å²) in [5.41, 5.74) is -0.701. The number of esters is 1. The van der Waals surface area contributed by atoms with Crippen LogP contribution in [0, 0.1) is 0 Å². The largest absolute Gasteiger partial charge is 0.497 e. The SMILES string of the molecule is COc1ccc(OCC(=O)OCc2nc(-c3cccc(C(F)(F)F)c3)no2)cc1. The lowest BCUT2D eigenvalue weighted by molar-refractivity contribution is -0.148. The van der Waals surface area contributed by atoms with E-state index in [1.807, 2.05) is 0 Å². The van der Waals surface area contributed by atoms with Crippen LogP contribution in [0.25, 0.3) is 11.4 Å². The highest BCUT2D eigenvalue weighted by Gasteiger charge is 2.30. The van der Waals surface area contributed by atoms with Crippen molar-refractivity contribution in [3.05, 3.63) is 60.0 Å². The summed E-state index contributed by atoms with van der Waals surface area (Å²) < 4.78 is 58.5. The lowest BCUT2D eigenvalue weighted by atomic mass is 10.1. The molecule has 0 radical (unpaired) electrons. The highest BCUT2D eigenvalue weighted by Crippen LogP contribution is 2.31. The van der Waals surface area contributed by atoms with Gasteiger partial charge in [0.1, 0.15) is 11.5 Å². The highest BCUT2D eigenvalue weighted by atomic mass is 19.4. The van der Waals surface area contributed by atoms with Crippen molar-refractivity contribution in [2.24, 2.45) is 0 Å². The minimum absolute atomic E-state index is 0.0448. The Balaban J connectivity index is 1.53. The zero-order chi connectivity index (χ0) is 20.9. The zero-order valence-corrected chi connectivity index (χ0v) is 15.1. The monoisotopic (exact) mass is 408 g/mol. The normalized spacial score (nSPS) is 11.2. The molecule has 0 spiro atoms. The quantitative estimate of drug-likeness (QED) is 0.549. The Kier molecular flexibility index (Phi) is 6.01. The Labute approximate surface area is 163 Å². The first-order valence-corrected chi connectivity index (χ1v) is 8.28. The van der Waals surface area contributed by atoms with E-state index in [-0.39, 0.29) is 30.5 Å². The molecule has 0 aliphatic rings. The number of hydrogen-bond donors (Lipinski definition) is 0. The molecule has 0 bridgehead atoms. The van der Waals surface area contributed by atoms with Gasteiger partial charge in [-0.25, -0.2) is 4.79 Å². The zero-order valence-electron chi connectivity index (χ0n) is 15.1. The summed E-state index contributed by atoms with van der Waals surface area (Å²) in [5.74, 6) is 0.312. The van der Waals surface area contributed by atoms with Crippen molar-refractivity contribution in [2.45, 2.75) is 12.8 Å². The topological polar surface area (TPSA) is 83.7 Å². The van der Waals surface area contributed by atoms with Crippen LogP contribution in [0.5, 0.6) is 11.5 Å². The van der Waals surface area contributed by atoms with Gasteiger partial charge in [-0.3, -0.25) is 0 Å². The van der Waals surface area contributed by atoms with Gasteiger partial charge in [-0.2, -0.15) is 18.2 Å². The molecule has 0 saturated heterocycles. The lowest BCUT2D eigenvalue weighted by Crippen LogP contribution is -2.14. The summed E-state index contributed by atoms with van der Waals surface area (Å²) in [6, 6.07) is 11.1. The number of alkyl halides is 3. The Hall–Kier alpha value is -3.56. The van der Waals surface area contributed by atoms with E-state index in [0.29, 0.717) is 11.5 Å². The van der Waals surface area contributed by atoms with Crippen molar-refractivity contribution in [1.82, 2.24) is 10.1 Å². The highest BCUT2D eigenvalue weighted by molar-refractivity contribution is 5.71. The van der Waals surface area contributed by atoms with E-state index < -0.39 is 17.7 Å². The van der Waals surface area contributed by atoms with Crippen LogP contribution in [0.2, 0.25) is 0 Å².